The highest BCUT2D eigenvalue weighted by Crippen LogP contribution is 2.58. The second-order valence-corrected chi connectivity index (χ2v) is 8.12. The van der Waals surface area contributed by atoms with Gasteiger partial charge in [0.1, 0.15) is 6.10 Å². The number of esters is 1. The van der Waals surface area contributed by atoms with Gasteiger partial charge in [-0.2, -0.15) is 13.2 Å². The highest BCUT2D eigenvalue weighted by Gasteiger charge is 2.65. The number of hydrogen-bond donors (Lipinski definition) is 0. The van der Waals surface area contributed by atoms with E-state index in [0.29, 0.717) is 5.92 Å². The van der Waals surface area contributed by atoms with Gasteiger partial charge in [-0.1, -0.05) is 50.3 Å². The summed E-state index contributed by atoms with van der Waals surface area (Å²) in [5.74, 6) is -0.948. The molecule has 2 bridgehead atoms. The third-order valence-corrected chi connectivity index (χ3v) is 6.49. The molecule has 0 heterocycles. The van der Waals surface area contributed by atoms with E-state index in [0.717, 1.165) is 25.5 Å². The van der Waals surface area contributed by atoms with Gasteiger partial charge in [-0.3, -0.25) is 0 Å². The molecule has 4 rings (SSSR count). The number of halogens is 3. The Morgan fingerprint density at radius 2 is 1.81 bits per heavy atom. The first-order valence-corrected chi connectivity index (χ1v) is 9.10. The molecular formula is C21H25F3O3. The molecule has 1 saturated carbocycles. The summed E-state index contributed by atoms with van der Waals surface area (Å²) in [6, 6.07) is 6.94. The number of carbonyl (C=O) groups is 1. The van der Waals surface area contributed by atoms with Crippen molar-refractivity contribution in [3.63, 3.8) is 0 Å². The van der Waals surface area contributed by atoms with Gasteiger partial charge in [-0.25, -0.2) is 4.79 Å². The zero-order valence-electron chi connectivity index (χ0n) is 16.0. The predicted molar refractivity (Wildman–Crippen MR) is 94.8 cm³/mol. The molecule has 0 N–H and O–H groups in total. The van der Waals surface area contributed by atoms with Crippen LogP contribution < -0.4 is 0 Å². The molecular weight excluding hydrogens is 357 g/mol. The number of fused-ring (bicyclic) bond motifs is 2. The Hall–Kier alpha value is -1.82. The molecule has 0 aromatic heterocycles. The predicted octanol–water partition coefficient (Wildman–Crippen LogP) is 5.01. The number of ether oxygens (including phenoxy) is 2. The fourth-order valence-electron chi connectivity index (χ4n) is 4.49. The molecule has 148 valence electrons. The summed E-state index contributed by atoms with van der Waals surface area (Å²) in [4.78, 5) is 12.9. The van der Waals surface area contributed by atoms with Gasteiger partial charge < -0.3 is 9.47 Å². The summed E-state index contributed by atoms with van der Waals surface area (Å²) >= 11 is 0. The number of benzene rings is 1. The van der Waals surface area contributed by atoms with E-state index in [4.69, 9.17) is 9.47 Å². The lowest BCUT2D eigenvalue weighted by atomic mass is 9.53. The number of carbonyl (C=O) groups excluding carboxylic acids is 1. The van der Waals surface area contributed by atoms with E-state index < -0.39 is 23.9 Å². The monoisotopic (exact) mass is 382 g/mol. The number of allylic oxidation sites excluding steroid dienone is 1. The molecule has 0 aliphatic heterocycles. The standard InChI is InChI=1S/C21H25F3O3/c1-13-10-11-15-12-16(19(15,2)3)17(13)27-18(25)20(26-4,21(22,23)24)14-8-6-5-7-9-14/h5-10,15-17H,11-12H2,1-4H3/t15-,16+,17+,20+/m0/s1. The lowest BCUT2D eigenvalue weighted by Gasteiger charge is -2.53. The van der Waals surface area contributed by atoms with Crippen LogP contribution in [0.15, 0.2) is 42.0 Å². The number of methoxy groups -OCH3 is 1. The summed E-state index contributed by atoms with van der Waals surface area (Å²) in [5, 5.41) is 0. The van der Waals surface area contributed by atoms with E-state index in [1.54, 1.807) is 6.07 Å². The average molecular weight is 382 g/mol. The lowest BCUT2D eigenvalue weighted by molar-refractivity contribution is -0.279. The van der Waals surface area contributed by atoms with Gasteiger partial charge in [0, 0.05) is 18.6 Å². The number of alkyl halides is 3. The fourth-order valence-corrected chi connectivity index (χ4v) is 4.49. The molecule has 6 heteroatoms. The van der Waals surface area contributed by atoms with Crippen molar-refractivity contribution in [2.75, 3.05) is 7.11 Å². The summed E-state index contributed by atoms with van der Waals surface area (Å²) in [6.45, 7) is 5.99. The highest BCUT2D eigenvalue weighted by atomic mass is 19.4. The molecule has 1 aromatic rings. The van der Waals surface area contributed by atoms with Crippen molar-refractivity contribution in [1.29, 1.82) is 0 Å². The summed E-state index contributed by atoms with van der Waals surface area (Å²) in [7, 11) is 0.890. The first-order chi connectivity index (χ1) is 12.6. The molecule has 0 saturated heterocycles. The van der Waals surface area contributed by atoms with E-state index >= 15 is 0 Å². The minimum atomic E-state index is -4.96. The quantitative estimate of drug-likeness (QED) is 0.542. The average Bonchev–Trinajstić information content (AvgIpc) is 2.81. The Kier molecular flexibility index (Phi) is 4.91. The van der Waals surface area contributed by atoms with Gasteiger partial charge in [-0.05, 0) is 36.7 Å². The third kappa shape index (κ3) is 2.98. The zero-order valence-corrected chi connectivity index (χ0v) is 16.0. The first kappa shape index (κ1) is 19.9. The number of hydrogen-bond acceptors (Lipinski definition) is 3. The van der Waals surface area contributed by atoms with Crippen molar-refractivity contribution in [2.45, 2.75) is 51.5 Å². The van der Waals surface area contributed by atoms with Crippen molar-refractivity contribution >= 4 is 5.97 Å². The second kappa shape index (κ2) is 6.66. The van der Waals surface area contributed by atoms with Crippen LogP contribution in [0, 0.1) is 17.3 Å². The topological polar surface area (TPSA) is 35.5 Å². The molecule has 1 fully saturated rings. The van der Waals surface area contributed by atoms with E-state index in [2.05, 4.69) is 13.8 Å². The van der Waals surface area contributed by atoms with Crippen molar-refractivity contribution in [3.8, 4) is 0 Å². The summed E-state index contributed by atoms with van der Waals surface area (Å²) in [5.41, 5.74) is -2.71. The maximum absolute atomic E-state index is 14.1. The van der Waals surface area contributed by atoms with Crippen molar-refractivity contribution in [3.05, 3.63) is 47.5 Å². The molecule has 0 radical (unpaired) electrons. The summed E-state index contributed by atoms with van der Waals surface area (Å²) in [6.07, 6.45) is -1.94. The molecule has 3 aliphatic carbocycles. The van der Waals surface area contributed by atoms with E-state index in [-0.39, 0.29) is 16.9 Å². The Bertz CT molecular complexity index is 739. The maximum atomic E-state index is 14.1. The second-order valence-electron chi connectivity index (χ2n) is 8.12. The van der Waals surface area contributed by atoms with Crippen LogP contribution in [0.25, 0.3) is 0 Å². The highest BCUT2D eigenvalue weighted by molar-refractivity contribution is 5.83. The van der Waals surface area contributed by atoms with E-state index in [9.17, 15) is 18.0 Å². The molecule has 0 spiro atoms. The lowest BCUT2D eigenvalue weighted by Crippen LogP contribution is -2.55. The molecule has 27 heavy (non-hydrogen) atoms. The minimum Gasteiger partial charge on any atom is -0.455 e. The van der Waals surface area contributed by atoms with Crippen LogP contribution in [0.2, 0.25) is 0 Å². The largest absolute Gasteiger partial charge is 0.455 e. The van der Waals surface area contributed by atoms with Gasteiger partial charge >= 0.3 is 12.1 Å². The van der Waals surface area contributed by atoms with Crippen LogP contribution in [0.4, 0.5) is 13.2 Å². The Balaban J connectivity index is 1.98. The van der Waals surface area contributed by atoms with Gasteiger partial charge in [-0.15, -0.1) is 0 Å². The molecule has 3 aliphatic rings. The van der Waals surface area contributed by atoms with Crippen molar-refractivity contribution in [2.24, 2.45) is 17.3 Å². The Morgan fingerprint density at radius 1 is 1.19 bits per heavy atom. The van der Waals surface area contributed by atoms with Crippen LogP contribution >= 0.6 is 0 Å². The van der Waals surface area contributed by atoms with Crippen LogP contribution in [-0.2, 0) is 19.9 Å². The normalized spacial score (nSPS) is 29.0. The zero-order chi connectivity index (χ0) is 20.0. The van der Waals surface area contributed by atoms with E-state index in [1.807, 2.05) is 13.0 Å². The molecule has 0 unspecified atom stereocenters. The molecule has 3 nitrogen and oxygen atoms in total. The third-order valence-electron chi connectivity index (χ3n) is 6.49. The molecule has 1 aromatic carbocycles. The smallest absolute Gasteiger partial charge is 0.432 e. The molecule has 0 amide bonds. The Morgan fingerprint density at radius 3 is 2.33 bits per heavy atom. The van der Waals surface area contributed by atoms with Gasteiger partial charge in [0.25, 0.3) is 5.60 Å². The van der Waals surface area contributed by atoms with Gasteiger partial charge in [0.05, 0.1) is 0 Å². The fraction of sp³-hybridized carbons (Fsp3) is 0.571. The van der Waals surface area contributed by atoms with E-state index in [1.165, 1.54) is 24.3 Å². The van der Waals surface area contributed by atoms with Crippen molar-refractivity contribution < 1.29 is 27.4 Å². The number of rotatable bonds is 4. The van der Waals surface area contributed by atoms with Gasteiger partial charge in [0.15, 0.2) is 0 Å². The SMILES string of the molecule is CO[C@@](C(=O)O[C@@H]1C(C)=CC[C@H]2C[C@H]1C2(C)C)(c1ccccc1)C(F)(F)F. The van der Waals surface area contributed by atoms with Crippen LogP contribution in [-0.4, -0.2) is 25.4 Å². The Labute approximate surface area is 157 Å². The van der Waals surface area contributed by atoms with Crippen LogP contribution in [0.3, 0.4) is 0 Å². The molecule has 4 atom stereocenters. The van der Waals surface area contributed by atoms with Crippen LogP contribution in [0.5, 0.6) is 0 Å². The van der Waals surface area contributed by atoms with Gasteiger partial charge in [0.2, 0.25) is 0 Å². The minimum absolute atomic E-state index is 0.00348. The maximum Gasteiger partial charge on any atom is 0.432 e. The van der Waals surface area contributed by atoms with Crippen molar-refractivity contribution in [1.82, 2.24) is 0 Å². The van der Waals surface area contributed by atoms with Crippen LogP contribution in [0.1, 0.15) is 39.2 Å². The first-order valence-electron chi connectivity index (χ1n) is 9.10. The summed E-state index contributed by atoms with van der Waals surface area (Å²) < 4.78 is 52.6.